The number of anilines is 1. The number of fused-ring (bicyclic) bond motifs is 1. The number of nitriles is 1. The number of aryl methyl sites for hydroxylation is 1. The van der Waals surface area contributed by atoms with Crippen molar-refractivity contribution in [3.63, 3.8) is 0 Å². The maximum absolute atomic E-state index is 13.5. The second kappa shape index (κ2) is 14.5. The smallest absolute Gasteiger partial charge is 0.264 e. The van der Waals surface area contributed by atoms with E-state index in [9.17, 15) is 14.9 Å². The predicted octanol–water partition coefficient (Wildman–Crippen LogP) is 7.12. The van der Waals surface area contributed by atoms with Crippen LogP contribution in [0.5, 0.6) is 11.5 Å². The quantitative estimate of drug-likeness (QED) is 0.191. The zero-order valence-electron chi connectivity index (χ0n) is 32.6. The molecule has 3 aliphatic heterocycles. The van der Waals surface area contributed by atoms with Crippen LogP contribution in [0.4, 0.5) is 5.69 Å². The molecule has 1 aromatic heterocycles. The zero-order valence-corrected chi connectivity index (χ0v) is 32.6. The third kappa shape index (κ3) is 7.23. The third-order valence-corrected chi connectivity index (χ3v) is 11.8. The summed E-state index contributed by atoms with van der Waals surface area (Å²) < 4.78 is 13.5. The molecule has 3 aliphatic rings. The molecule has 0 unspecified atom stereocenters. The van der Waals surface area contributed by atoms with Gasteiger partial charge in [0.15, 0.2) is 0 Å². The van der Waals surface area contributed by atoms with Gasteiger partial charge in [-0.25, -0.2) is 0 Å². The van der Waals surface area contributed by atoms with E-state index in [1.54, 1.807) is 31.9 Å². The van der Waals surface area contributed by atoms with Crippen LogP contribution in [-0.4, -0.2) is 67.2 Å². The van der Waals surface area contributed by atoms with Crippen LogP contribution >= 0.6 is 0 Å². The largest absolute Gasteiger partial charge is 0.496 e. The molecule has 3 aromatic rings. The van der Waals surface area contributed by atoms with Crippen molar-refractivity contribution in [1.82, 2.24) is 14.4 Å². The standard InChI is InChI=1S/C43H55N5O4/c1-28-29(2)40(49)45(7)25-36(28)32-20-38(51-8)37(39(21-32)52-9)26-46-17-13-43(14-18-46)15-19-47(27-43)34-11-10-31-12-16-48(30(3)35(31)22-34)41(50)33(24-44)23-42(4,5)6/h10-11,20-23,25,30H,12-19,26-27H2,1-9H3/b33-23+/t30-/m0/s1. The maximum atomic E-state index is 13.5. The molecular weight excluding hydrogens is 651 g/mol. The summed E-state index contributed by atoms with van der Waals surface area (Å²) in [4.78, 5) is 32.9. The van der Waals surface area contributed by atoms with Crippen LogP contribution in [0.25, 0.3) is 11.1 Å². The lowest BCUT2D eigenvalue weighted by Gasteiger charge is -2.40. The van der Waals surface area contributed by atoms with E-state index in [1.807, 2.05) is 45.7 Å². The SMILES string of the molecule is COc1cc(-c2cn(C)c(=O)c(C)c2C)cc(OC)c1CN1CCC2(CC1)CCN(c1ccc3c(c1)[C@H](C)N(C(=O)/C(C#N)=C/C(C)(C)C)CC3)C2. The number of likely N-dealkylation sites (tertiary alicyclic amines) is 1. The number of ether oxygens (including phenoxy) is 2. The Labute approximate surface area is 309 Å². The highest BCUT2D eigenvalue weighted by Gasteiger charge is 2.41. The lowest BCUT2D eigenvalue weighted by Crippen LogP contribution is -2.41. The summed E-state index contributed by atoms with van der Waals surface area (Å²) >= 11 is 0. The van der Waals surface area contributed by atoms with E-state index in [1.165, 1.54) is 23.2 Å². The monoisotopic (exact) mass is 705 g/mol. The van der Waals surface area contributed by atoms with Crippen LogP contribution in [0.1, 0.15) is 80.8 Å². The number of methoxy groups -OCH3 is 2. The van der Waals surface area contributed by atoms with Crippen LogP contribution in [-0.2, 0) is 24.8 Å². The summed E-state index contributed by atoms with van der Waals surface area (Å²) in [7, 11) is 5.21. The maximum Gasteiger partial charge on any atom is 0.264 e. The minimum Gasteiger partial charge on any atom is -0.496 e. The Morgan fingerprint density at radius 1 is 1.00 bits per heavy atom. The van der Waals surface area contributed by atoms with Gasteiger partial charge in [-0.3, -0.25) is 14.5 Å². The minimum absolute atomic E-state index is 0.0163. The van der Waals surface area contributed by atoms with Gasteiger partial charge >= 0.3 is 0 Å². The van der Waals surface area contributed by atoms with Gasteiger partial charge in [0, 0.05) is 56.2 Å². The predicted molar refractivity (Wildman–Crippen MR) is 207 cm³/mol. The molecular formula is C43H55N5O4. The van der Waals surface area contributed by atoms with Crippen molar-refractivity contribution in [2.24, 2.45) is 17.9 Å². The molecule has 276 valence electrons. The normalized spacial score (nSPS) is 19.1. The van der Waals surface area contributed by atoms with E-state index in [2.05, 4.69) is 53.1 Å². The van der Waals surface area contributed by atoms with Crippen molar-refractivity contribution >= 4 is 11.6 Å². The molecule has 2 aromatic carbocycles. The number of hydrogen-bond donors (Lipinski definition) is 0. The average Bonchev–Trinajstić information content (AvgIpc) is 3.55. The molecule has 52 heavy (non-hydrogen) atoms. The van der Waals surface area contributed by atoms with Crippen LogP contribution in [0.15, 0.2) is 53.0 Å². The zero-order chi connectivity index (χ0) is 37.5. The number of pyridine rings is 1. The summed E-state index contributed by atoms with van der Waals surface area (Å²) in [6.45, 7) is 17.4. The van der Waals surface area contributed by atoms with Gasteiger partial charge < -0.3 is 23.8 Å². The molecule has 4 heterocycles. The lowest BCUT2D eigenvalue weighted by atomic mass is 9.77. The summed E-state index contributed by atoms with van der Waals surface area (Å²) in [5.74, 6) is 1.42. The van der Waals surface area contributed by atoms with Gasteiger partial charge in [-0.1, -0.05) is 32.9 Å². The van der Waals surface area contributed by atoms with Gasteiger partial charge in [0.1, 0.15) is 23.1 Å². The summed E-state index contributed by atoms with van der Waals surface area (Å²) in [6.07, 6.45) is 7.91. The minimum atomic E-state index is -0.247. The molecule has 0 N–H and O–H groups in total. The molecule has 1 atom stereocenters. The van der Waals surface area contributed by atoms with E-state index in [4.69, 9.17) is 9.47 Å². The third-order valence-electron chi connectivity index (χ3n) is 11.8. The molecule has 1 spiro atoms. The van der Waals surface area contributed by atoms with Gasteiger partial charge in [-0.05, 0) is 117 Å². The Morgan fingerprint density at radius 2 is 1.65 bits per heavy atom. The van der Waals surface area contributed by atoms with Gasteiger partial charge in [-0.15, -0.1) is 0 Å². The average molecular weight is 706 g/mol. The highest BCUT2D eigenvalue weighted by Crippen LogP contribution is 2.44. The number of rotatable bonds is 7. The van der Waals surface area contributed by atoms with Crippen molar-refractivity contribution in [3.8, 4) is 28.7 Å². The first kappa shape index (κ1) is 37.2. The van der Waals surface area contributed by atoms with Crippen LogP contribution in [0.2, 0.25) is 0 Å². The highest BCUT2D eigenvalue weighted by molar-refractivity contribution is 5.97. The number of carbonyl (C=O) groups excluding carboxylic acids is 1. The molecule has 2 saturated heterocycles. The summed E-state index contributed by atoms with van der Waals surface area (Å²) in [5, 5.41) is 9.80. The van der Waals surface area contributed by atoms with E-state index in [0.29, 0.717) is 6.54 Å². The molecule has 0 bridgehead atoms. The Bertz CT molecular complexity index is 1960. The Kier molecular flexibility index (Phi) is 10.4. The first-order valence-corrected chi connectivity index (χ1v) is 18.6. The molecule has 6 rings (SSSR count). The Morgan fingerprint density at radius 3 is 2.27 bits per heavy atom. The van der Waals surface area contributed by atoms with E-state index >= 15 is 0 Å². The molecule has 1 amide bonds. The van der Waals surface area contributed by atoms with Gasteiger partial charge in [0.25, 0.3) is 11.5 Å². The number of allylic oxidation sites excluding steroid dienone is 1. The Hall–Kier alpha value is -4.55. The van der Waals surface area contributed by atoms with Gasteiger partial charge in [-0.2, -0.15) is 5.26 Å². The summed E-state index contributed by atoms with van der Waals surface area (Å²) in [6, 6.07) is 13.0. The fourth-order valence-electron chi connectivity index (χ4n) is 8.54. The fraction of sp³-hybridized carbons (Fsp3) is 0.512. The highest BCUT2D eigenvalue weighted by atomic mass is 16.5. The van der Waals surface area contributed by atoms with E-state index in [-0.39, 0.29) is 33.9 Å². The van der Waals surface area contributed by atoms with Crippen molar-refractivity contribution in [1.29, 1.82) is 5.26 Å². The van der Waals surface area contributed by atoms with Crippen molar-refractivity contribution in [3.05, 3.63) is 86.3 Å². The number of benzene rings is 2. The van der Waals surface area contributed by atoms with Crippen molar-refractivity contribution in [2.75, 3.05) is 51.8 Å². The molecule has 9 nitrogen and oxygen atoms in total. The van der Waals surface area contributed by atoms with Crippen molar-refractivity contribution in [2.45, 2.75) is 79.8 Å². The van der Waals surface area contributed by atoms with Crippen LogP contribution in [0.3, 0.4) is 0 Å². The van der Waals surface area contributed by atoms with Gasteiger partial charge in [0.2, 0.25) is 0 Å². The number of nitrogens with zero attached hydrogens (tertiary/aromatic N) is 5. The first-order valence-electron chi connectivity index (χ1n) is 18.6. The topological polar surface area (TPSA) is 91.0 Å². The Balaban J connectivity index is 1.13. The fourth-order valence-corrected chi connectivity index (χ4v) is 8.54. The van der Waals surface area contributed by atoms with E-state index in [0.717, 1.165) is 91.3 Å². The lowest BCUT2D eigenvalue weighted by molar-refractivity contribution is -0.129. The van der Waals surface area contributed by atoms with Crippen molar-refractivity contribution < 1.29 is 14.3 Å². The molecule has 2 fully saturated rings. The van der Waals surface area contributed by atoms with Crippen LogP contribution in [0, 0.1) is 36.0 Å². The molecule has 9 heteroatoms. The summed E-state index contributed by atoms with van der Waals surface area (Å²) in [5.41, 5.74) is 8.70. The number of hydrogen-bond acceptors (Lipinski definition) is 7. The number of aromatic nitrogens is 1. The number of piperidine rings is 1. The van der Waals surface area contributed by atoms with Crippen LogP contribution < -0.4 is 19.9 Å². The number of carbonyl (C=O) groups is 1. The molecule has 0 radical (unpaired) electrons. The van der Waals surface area contributed by atoms with Gasteiger partial charge in [0.05, 0.1) is 25.8 Å². The van der Waals surface area contributed by atoms with E-state index < -0.39 is 0 Å². The first-order chi connectivity index (χ1) is 24.7. The molecule has 0 saturated carbocycles. The number of amides is 1. The second-order valence-corrected chi connectivity index (χ2v) is 16.4. The second-order valence-electron chi connectivity index (χ2n) is 16.4. The molecule has 0 aliphatic carbocycles.